The van der Waals surface area contributed by atoms with Crippen LogP contribution < -0.4 is 9.47 Å². The van der Waals surface area contributed by atoms with E-state index in [4.69, 9.17) is 9.47 Å². The van der Waals surface area contributed by atoms with Crippen LogP contribution in [0.15, 0.2) is 18.2 Å². The molecule has 1 aromatic carbocycles. The molecule has 4 rings (SSSR count). The van der Waals surface area contributed by atoms with E-state index in [0.29, 0.717) is 37.1 Å². The molecule has 0 spiro atoms. The Balaban J connectivity index is 1.77. The van der Waals surface area contributed by atoms with Crippen molar-refractivity contribution in [3.05, 3.63) is 24.0 Å². The van der Waals surface area contributed by atoms with Crippen LogP contribution >= 0.6 is 0 Å². The molecule has 0 bridgehead atoms. The van der Waals surface area contributed by atoms with Crippen molar-refractivity contribution in [3.63, 3.8) is 0 Å². The summed E-state index contributed by atoms with van der Waals surface area (Å²) in [5.74, 6) is 2.86. The van der Waals surface area contributed by atoms with Crippen molar-refractivity contribution in [2.24, 2.45) is 5.92 Å². The Morgan fingerprint density at radius 1 is 1.25 bits per heavy atom. The molecule has 0 radical (unpaired) electrons. The van der Waals surface area contributed by atoms with Gasteiger partial charge in [-0.2, -0.15) is 4.68 Å². The molecular weight excluding hydrogens is 358 g/mol. The summed E-state index contributed by atoms with van der Waals surface area (Å²) < 4.78 is 13.1. The molecule has 1 aliphatic heterocycles. The highest BCUT2D eigenvalue weighted by Crippen LogP contribution is 2.43. The van der Waals surface area contributed by atoms with Gasteiger partial charge in [-0.15, -0.1) is 5.10 Å². The second-order valence-corrected chi connectivity index (χ2v) is 7.76. The Hall–Kier alpha value is -2.64. The highest BCUT2D eigenvalue weighted by atomic mass is 16.6. The van der Waals surface area contributed by atoms with Crippen molar-refractivity contribution in [1.29, 1.82) is 0 Å². The molecule has 2 heterocycles. The van der Waals surface area contributed by atoms with Crippen molar-refractivity contribution in [1.82, 2.24) is 25.1 Å². The summed E-state index contributed by atoms with van der Waals surface area (Å²) in [5, 5.41) is 12.6. The van der Waals surface area contributed by atoms with Crippen LogP contribution in [0.1, 0.15) is 51.8 Å². The van der Waals surface area contributed by atoms with E-state index in [2.05, 4.69) is 22.4 Å². The van der Waals surface area contributed by atoms with E-state index in [1.807, 2.05) is 37.1 Å². The van der Waals surface area contributed by atoms with Gasteiger partial charge in [-0.3, -0.25) is 4.79 Å². The van der Waals surface area contributed by atoms with Gasteiger partial charge in [0.15, 0.2) is 17.3 Å². The van der Waals surface area contributed by atoms with Crippen LogP contribution in [0.25, 0.3) is 5.69 Å². The standard InChI is InChI=1S/C20H27N5O3/c1-4-18(26)24(3)20(9-7-14(2)8-10-20)19-21-22-23-25(19)15-5-6-16-17(13-15)28-12-11-27-16/h5-6,13-14H,4,7-12H2,1-3H3. The van der Waals surface area contributed by atoms with E-state index in [-0.39, 0.29) is 5.91 Å². The van der Waals surface area contributed by atoms with Crippen LogP contribution in [-0.4, -0.2) is 51.3 Å². The Kier molecular flexibility index (Phi) is 4.95. The number of amides is 1. The zero-order valence-corrected chi connectivity index (χ0v) is 16.7. The maximum Gasteiger partial charge on any atom is 0.222 e. The first-order chi connectivity index (χ1) is 13.5. The maximum atomic E-state index is 12.6. The number of carbonyl (C=O) groups excluding carboxylic acids is 1. The number of benzene rings is 1. The quantitative estimate of drug-likeness (QED) is 0.805. The van der Waals surface area contributed by atoms with Crippen molar-refractivity contribution < 1.29 is 14.3 Å². The zero-order chi connectivity index (χ0) is 19.7. The van der Waals surface area contributed by atoms with Gasteiger partial charge in [0.1, 0.15) is 18.8 Å². The average molecular weight is 385 g/mol. The van der Waals surface area contributed by atoms with E-state index in [1.165, 1.54) is 0 Å². The number of nitrogens with zero attached hydrogens (tertiary/aromatic N) is 5. The van der Waals surface area contributed by atoms with E-state index >= 15 is 0 Å². The molecule has 2 aromatic rings. The normalized spacial score (nSPS) is 24.0. The van der Waals surface area contributed by atoms with Crippen LogP contribution in [0.3, 0.4) is 0 Å². The first kappa shape index (κ1) is 18.7. The van der Waals surface area contributed by atoms with Gasteiger partial charge in [0, 0.05) is 19.5 Å². The largest absolute Gasteiger partial charge is 0.486 e. The molecule has 150 valence electrons. The van der Waals surface area contributed by atoms with Crippen LogP contribution in [0.5, 0.6) is 11.5 Å². The summed E-state index contributed by atoms with van der Waals surface area (Å²) in [7, 11) is 1.88. The van der Waals surface area contributed by atoms with Gasteiger partial charge in [0.25, 0.3) is 0 Å². The molecule has 0 unspecified atom stereocenters. The van der Waals surface area contributed by atoms with Crippen LogP contribution in [0, 0.1) is 5.92 Å². The highest BCUT2D eigenvalue weighted by Gasteiger charge is 2.45. The topological polar surface area (TPSA) is 82.4 Å². The number of aromatic nitrogens is 4. The van der Waals surface area contributed by atoms with E-state index < -0.39 is 5.54 Å². The van der Waals surface area contributed by atoms with Crippen LogP contribution in [-0.2, 0) is 10.3 Å². The summed E-state index contributed by atoms with van der Waals surface area (Å²) in [6.45, 7) is 5.22. The molecule has 0 N–H and O–H groups in total. The molecule has 0 atom stereocenters. The lowest BCUT2D eigenvalue weighted by atomic mass is 9.75. The van der Waals surface area contributed by atoms with E-state index in [0.717, 1.165) is 37.1 Å². The van der Waals surface area contributed by atoms with Crippen molar-refractivity contribution in [3.8, 4) is 17.2 Å². The summed E-state index contributed by atoms with van der Waals surface area (Å²) in [4.78, 5) is 14.5. The Morgan fingerprint density at radius 2 is 1.96 bits per heavy atom. The molecule has 1 aliphatic carbocycles. The number of fused-ring (bicyclic) bond motifs is 1. The fourth-order valence-corrected chi connectivity index (χ4v) is 4.24. The maximum absolute atomic E-state index is 12.6. The third-order valence-corrected chi connectivity index (χ3v) is 6.08. The zero-order valence-electron chi connectivity index (χ0n) is 16.7. The van der Waals surface area contributed by atoms with E-state index in [9.17, 15) is 4.79 Å². The fourth-order valence-electron chi connectivity index (χ4n) is 4.24. The number of hydrogen-bond donors (Lipinski definition) is 0. The number of tetrazole rings is 1. The average Bonchev–Trinajstić information content (AvgIpc) is 3.23. The van der Waals surface area contributed by atoms with Crippen LogP contribution in [0.4, 0.5) is 0 Å². The van der Waals surface area contributed by atoms with Gasteiger partial charge in [-0.1, -0.05) is 13.8 Å². The Labute approximate surface area is 164 Å². The van der Waals surface area contributed by atoms with Gasteiger partial charge < -0.3 is 14.4 Å². The number of rotatable bonds is 4. The molecule has 28 heavy (non-hydrogen) atoms. The minimum atomic E-state index is -0.504. The van der Waals surface area contributed by atoms with E-state index in [1.54, 1.807) is 4.68 Å². The SMILES string of the molecule is CCC(=O)N(C)C1(c2nnnn2-c2ccc3c(c2)OCCO3)CCC(C)CC1. The van der Waals surface area contributed by atoms with Crippen LogP contribution in [0.2, 0.25) is 0 Å². The monoisotopic (exact) mass is 385 g/mol. The first-order valence-electron chi connectivity index (χ1n) is 10.0. The van der Waals surface area contributed by atoms with Gasteiger partial charge in [0.05, 0.1) is 5.69 Å². The van der Waals surface area contributed by atoms with Gasteiger partial charge >= 0.3 is 0 Å². The molecule has 1 fully saturated rings. The third-order valence-electron chi connectivity index (χ3n) is 6.08. The Bertz CT molecular complexity index is 857. The predicted octanol–water partition coefficient (Wildman–Crippen LogP) is 2.71. The Morgan fingerprint density at radius 3 is 2.68 bits per heavy atom. The molecule has 8 nitrogen and oxygen atoms in total. The second kappa shape index (κ2) is 7.41. The highest BCUT2D eigenvalue weighted by molar-refractivity contribution is 5.76. The van der Waals surface area contributed by atoms with Crippen molar-refractivity contribution >= 4 is 5.91 Å². The molecule has 1 aromatic heterocycles. The lowest BCUT2D eigenvalue weighted by Gasteiger charge is -2.44. The molecule has 1 amide bonds. The van der Waals surface area contributed by atoms with Crippen molar-refractivity contribution in [2.75, 3.05) is 20.3 Å². The summed E-state index contributed by atoms with van der Waals surface area (Å²) in [6.07, 6.45) is 4.23. The second-order valence-electron chi connectivity index (χ2n) is 7.76. The van der Waals surface area contributed by atoms with Gasteiger partial charge in [-0.05, 0) is 54.2 Å². The fraction of sp³-hybridized carbons (Fsp3) is 0.600. The lowest BCUT2D eigenvalue weighted by Crippen LogP contribution is -2.50. The first-order valence-corrected chi connectivity index (χ1v) is 10.0. The molecular formula is C20H27N5O3. The van der Waals surface area contributed by atoms with Gasteiger partial charge in [-0.25, -0.2) is 0 Å². The lowest BCUT2D eigenvalue weighted by molar-refractivity contribution is -0.138. The molecule has 2 aliphatic rings. The minimum Gasteiger partial charge on any atom is -0.486 e. The number of ether oxygens (including phenoxy) is 2. The number of carbonyl (C=O) groups is 1. The summed E-state index contributed by atoms with van der Waals surface area (Å²) in [5.41, 5.74) is 0.302. The minimum absolute atomic E-state index is 0.103. The molecule has 0 saturated heterocycles. The third kappa shape index (κ3) is 3.10. The molecule has 1 saturated carbocycles. The summed E-state index contributed by atoms with van der Waals surface area (Å²) >= 11 is 0. The van der Waals surface area contributed by atoms with Gasteiger partial charge in [0.2, 0.25) is 5.91 Å². The number of hydrogen-bond acceptors (Lipinski definition) is 6. The summed E-state index contributed by atoms with van der Waals surface area (Å²) in [6, 6.07) is 5.70. The molecule has 8 heteroatoms. The van der Waals surface area contributed by atoms with Crippen molar-refractivity contribution in [2.45, 2.75) is 51.5 Å². The smallest absolute Gasteiger partial charge is 0.222 e. The predicted molar refractivity (Wildman–Crippen MR) is 103 cm³/mol.